The molecule has 0 bridgehead atoms. The van der Waals surface area contributed by atoms with Gasteiger partial charge in [-0.3, -0.25) is 4.79 Å². The third-order valence-corrected chi connectivity index (χ3v) is 9.23. The molecule has 3 aliphatic heterocycles. The number of ether oxygens (including phenoxy) is 3. The summed E-state index contributed by atoms with van der Waals surface area (Å²) in [6.45, 7) is 5.80. The number of hydrogen-bond acceptors (Lipinski definition) is 9. The average molecular weight is 653 g/mol. The van der Waals surface area contributed by atoms with E-state index < -0.39 is 23.4 Å². The summed E-state index contributed by atoms with van der Waals surface area (Å²) in [6.07, 6.45) is 2.15. The van der Waals surface area contributed by atoms with E-state index in [-0.39, 0.29) is 44.5 Å². The maximum Gasteiger partial charge on any atom is 0.318 e. The fourth-order valence-corrected chi connectivity index (χ4v) is 7.01. The second-order valence-electron chi connectivity index (χ2n) is 11.9. The Morgan fingerprint density at radius 2 is 2.07 bits per heavy atom. The number of fused-ring (bicyclic) bond motifs is 2. The van der Waals surface area contributed by atoms with E-state index in [2.05, 4.69) is 12.6 Å². The zero-order chi connectivity index (χ0) is 32.4. The highest BCUT2D eigenvalue weighted by atomic mass is 35.5. The molecule has 0 unspecified atom stereocenters. The van der Waals surface area contributed by atoms with Crippen molar-refractivity contribution < 1.29 is 27.8 Å². The van der Waals surface area contributed by atoms with Gasteiger partial charge in [-0.1, -0.05) is 36.4 Å². The van der Waals surface area contributed by atoms with Crippen molar-refractivity contribution in [2.45, 2.75) is 43.9 Å². The van der Waals surface area contributed by atoms with Crippen LogP contribution >= 0.6 is 11.6 Å². The molecule has 1 aromatic heterocycles. The van der Waals surface area contributed by atoms with Crippen LogP contribution in [0.15, 0.2) is 42.7 Å². The molecule has 0 radical (unpaired) electrons. The molecule has 6 rings (SSSR count). The Bertz CT molecular complexity index is 1690. The number of benzene rings is 2. The molecule has 0 N–H and O–H groups in total. The maximum absolute atomic E-state index is 15.5. The molecular weight excluding hydrogens is 618 g/mol. The summed E-state index contributed by atoms with van der Waals surface area (Å²) in [5, 5.41) is 11.4. The highest BCUT2D eigenvalue weighted by Gasteiger charge is 2.38. The normalized spacial score (nSPS) is 21.3. The van der Waals surface area contributed by atoms with Crippen LogP contribution in [0.1, 0.15) is 30.5 Å². The summed E-state index contributed by atoms with van der Waals surface area (Å²) in [7, 11) is 1.62. The molecule has 13 heteroatoms. The number of amides is 1. The van der Waals surface area contributed by atoms with Crippen LogP contribution in [-0.4, -0.2) is 85.5 Å². The van der Waals surface area contributed by atoms with Gasteiger partial charge in [0.25, 0.3) is 5.91 Å². The number of piperazine rings is 1. The highest BCUT2D eigenvalue weighted by Crippen LogP contribution is 2.39. The van der Waals surface area contributed by atoms with Crippen LogP contribution in [0, 0.1) is 17.1 Å². The lowest BCUT2D eigenvalue weighted by Gasteiger charge is -2.42. The Kier molecular flexibility index (Phi) is 9.27. The van der Waals surface area contributed by atoms with Gasteiger partial charge in [0.05, 0.1) is 48.1 Å². The zero-order valence-electron chi connectivity index (χ0n) is 25.6. The second kappa shape index (κ2) is 13.4. The van der Waals surface area contributed by atoms with Gasteiger partial charge in [-0.05, 0) is 36.8 Å². The van der Waals surface area contributed by atoms with E-state index in [0.29, 0.717) is 60.3 Å². The minimum Gasteiger partial charge on any atom is -0.460 e. The van der Waals surface area contributed by atoms with Crippen molar-refractivity contribution in [2.24, 2.45) is 0 Å². The number of nitriles is 1. The molecule has 3 aromatic rings. The van der Waals surface area contributed by atoms with Crippen molar-refractivity contribution in [3.8, 4) is 12.1 Å². The van der Waals surface area contributed by atoms with Crippen molar-refractivity contribution >= 4 is 39.8 Å². The van der Waals surface area contributed by atoms with Crippen LogP contribution < -0.4 is 14.5 Å². The first-order valence-electron chi connectivity index (χ1n) is 15.3. The molecule has 0 spiro atoms. The monoisotopic (exact) mass is 652 g/mol. The zero-order valence-corrected chi connectivity index (χ0v) is 26.4. The van der Waals surface area contributed by atoms with Crippen molar-refractivity contribution in [1.29, 1.82) is 5.26 Å². The van der Waals surface area contributed by atoms with Crippen LogP contribution in [0.5, 0.6) is 6.01 Å². The smallest absolute Gasteiger partial charge is 0.318 e. The number of nitrogens with zero attached hydrogens (tertiary/aromatic N) is 6. The summed E-state index contributed by atoms with van der Waals surface area (Å²) < 4.78 is 47.0. The van der Waals surface area contributed by atoms with Crippen LogP contribution in [0.25, 0.3) is 10.8 Å². The number of hydrogen-bond donors (Lipinski definition) is 0. The topological polar surface area (TPSA) is 104 Å². The molecule has 0 saturated carbocycles. The van der Waals surface area contributed by atoms with Gasteiger partial charge in [-0.15, -0.1) is 0 Å². The van der Waals surface area contributed by atoms with E-state index in [1.807, 2.05) is 21.9 Å². The minimum atomic E-state index is -1.06. The van der Waals surface area contributed by atoms with Gasteiger partial charge in [-0.2, -0.15) is 15.2 Å². The lowest BCUT2D eigenvalue weighted by atomic mass is 10.0. The Morgan fingerprint density at radius 1 is 1.22 bits per heavy atom. The molecule has 2 fully saturated rings. The van der Waals surface area contributed by atoms with Crippen LogP contribution in [0.3, 0.4) is 0 Å². The van der Waals surface area contributed by atoms with Crippen molar-refractivity contribution in [3.63, 3.8) is 0 Å². The standard InChI is InChI=1S/C33H35ClF2N6O4/c1-21(35)31(43)42-15-14-41(17-23(42)9-12-37)30-24-10-13-40(29-26(36)8-7-22-5-3-6-25(34)28(22)29)18-27(24)38-32(39-30)45-20-33(19-44-2)11-4-16-46-33/h3,5-8,23H,1,4,9-11,13-20H2,2H3/t23-,33+/m0/s1. The fraction of sp³-hybridized carbons (Fsp3) is 0.455. The van der Waals surface area contributed by atoms with Crippen LogP contribution in [0.4, 0.5) is 20.3 Å². The number of halogens is 3. The van der Waals surface area contributed by atoms with E-state index in [1.165, 1.54) is 11.0 Å². The molecule has 4 heterocycles. The molecular formula is C33H35ClF2N6O4. The largest absolute Gasteiger partial charge is 0.460 e. The van der Waals surface area contributed by atoms with Crippen molar-refractivity contribution in [1.82, 2.24) is 14.9 Å². The Morgan fingerprint density at radius 3 is 2.80 bits per heavy atom. The van der Waals surface area contributed by atoms with Gasteiger partial charge in [0, 0.05) is 50.8 Å². The number of rotatable bonds is 9. The molecule has 2 aromatic carbocycles. The predicted octanol–water partition coefficient (Wildman–Crippen LogP) is 4.97. The number of carbonyl (C=O) groups excluding carboxylic acids is 1. The van der Waals surface area contributed by atoms with Crippen molar-refractivity contribution in [3.05, 3.63) is 64.8 Å². The molecule has 2 atom stereocenters. The molecule has 0 aliphatic carbocycles. The Hall–Kier alpha value is -4.05. The first kappa shape index (κ1) is 31.9. The molecule has 242 valence electrons. The molecule has 46 heavy (non-hydrogen) atoms. The van der Waals surface area contributed by atoms with E-state index in [1.54, 1.807) is 19.2 Å². The number of anilines is 2. The average Bonchev–Trinajstić information content (AvgIpc) is 3.52. The second-order valence-corrected chi connectivity index (χ2v) is 12.3. The van der Waals surface area contributed by atoms with Gasteiger partial charge >= 0.3 is 6.01 Å². The van der Waals surface area contributed by atoms with Gasteiger partial charge in [0.15, 0.2) is 5.83 Å². The van der Waals surface area contributed by atoms with E-state index in [4.69, 9.17) is 35.8 Å². The predicted molar refractivity (Wildman–Crippen MR) is 169 cm³/mol. The quantitative estimate of drug-likeness (QED) is 0.296. The molecule has 1 amide bonds. The maximum atomic E-state index is 15.5. The van der Waals surface area contributed by atoms with Gasteiger partial charge < -0.3 is 28.9 Å². The lowest BCUT2D eigenvalue weighted by molar-refractivity contribution is -0.131. The number of carbonyl (C=O) groups is 1. The third kappa shape index (κ3) is 6.19. The van der Waals surface area contributed by atoms with E-state index in [0.717, 1.165) is 23.8 Å². The summed E-state index contributed by atoms with van der Waals surface area (Å²) in [5.74, 6) is -1.66. The highest BCUT2D eigenvalue weighted by molar-refractivity contribution is 6.36. The summed E-state index contributed by atoms with van der Waals surface area (Å²) in [4.78, 5) is 27.5. The Labute approximate surface area is 271 Å². The van der Waals surface area contributed by atoms with Crippen LogP contribution in [0.2, 0.25) is 5.02 Å². The minimum absolute atomic E-state index is 0.0118. The van der Waals surface area contributed by atoms with Gasteiger partial charge in [0.2, 0.25) is 0 Å². The summed E-state index contributed by atoms with van der Waals surface area (Å²) in [6, 6.07) is 10.3. The first-order valence-corrected chi connectivity index (χ1v) is 15.7. The lowest BCUT2D eigenvalue weighted by Crippen LogP contribution is -2.55. The first-order chi connectivity index (χ1) is 22.2. The molecule has 3 aliphatic rings. The SMILES string of the molecule is C=C(F)C(=O)N1CCN(c2nc(OC[C@]3(COC)CCCO3)nc3c2CCN(c2c(F)ccc4cccc(Cl)c24)C3)C[C@@H]1CC#N. The third-order valence-electron chi connectivity index (χ3n) is 8.92. The Balaban J connectivity index is 1.37. The summed E-state index contributed by atoms with van der Waals surface area (Å²) in [5.41, 5.74) is 1.31. The van der Waals surface area contributed by atoms with Gasteiger partial charge in [-0.25, -0.2) is 8.78 Å². The fourth-order valence-electron chi connectivity index (χ4n) is 6.74. The van der Waals surface area contributed by atoms with E-state index >= 15 is 4.39 Å². The van der Waals surface area contributed by atoms with Gasteiger partial charge in [0.1, 0.15) is 23.8 Å². The van der Waals surface area contributed by atoms with E-state index in [9.17, 15) is 14.4 Å². The number of methoxy groups -OCH3 is 1. The number of aromatic nitrogens is 2. The van der Waals surface area contributed by atoms with Crippen molar-refractivity contribution in [2.75, 3.05) is 62.9 Å². The molecule has 10 nitrogen and oxygen atoms in total. The summed E-state index contributed by atoms with van der Waals surface area (Å²) >= 11 is 6.59. The molecule has 2 saturated heterocycles. The van der Waals surface area contributed by atoms with Crippen LogP contribution in [-0.2, 0) is 27.2 Å².